The molecule has 8 rings (SSSR count). The smallest absolute Gasteiger partial charge is 0.312 e. The van der Waals surface area contributed by atoms with Gasteiger partial charge in [0.2, 0.25) is 0 Å². The first kappa shape index (κ1) is 37.4. The Kier molecular flexibility index (Phi) is 9.91. The van der Waals surface area contributed by atoms with Gasteiger partial charge in [0, 0.05) is 88.5 Å². The molecule has 0 bridgehead atoms. The molecule has 0 aliphatic carbocycles. The lowest BCUT2D eigenvalue weighted by Crippen LogP contribution is -2.49. The molecule has 0 saturated carbocycles. The average molecular weight is 775 g/mol. The molecule has 12 nitrogen and oxygen atoms in total. The fourth-order valence-corrected chi connectivity index (χ4v) is 8.16. The van der Waals surface area contributed by atoms with Crippen LogP contribution in [0.5, 0.6) is 0 Å². The molecule has 4 saturated heterocycles. The lowest BCUT2D eigenvalue weighted by atomic mass is 10.0. The summed E-state index contributed by atoms with van der Waals surface area (Å²) in [5.74, 6) is -7.35. The lowest BCUT2D eigenvalue weighted by molar-refractivity contribution is -0.155. The van der Waals surface area contributed by atoms with Crippen molar-refractivity contribution in [3.63, 3.8) is 0 Å². The summed E-state index contributed by atoms with van der Waals surface area (Å²) in [6.07, 6.45) is 4.42. The first-order valence-corrected chi connectivity index (χ1v) is 19.1. The number of rotatable bonds is 5. The van der Waals surface area contributed by atoms with Crippen LogP contribution in [0.2, 0.25) is 0 Å². The highest BCUT2D eigenvalue weighted by Gasteiger charge is 2.42. The summed E-state index contributed by atoms with van der Waals surface area (Å²) in [4.78, 5) is 73.5. The molecule has 0 spiro atoms. The van der Waals surface area contributed by atoms with Crippen LogP contribution < -0.4 is 0 Å². The molecule has 4 fully saturated rings. The zero-order valence-electron chi connectivity index (χ0n) is 30.7. The van der Waals surface area contributed by atoms with E-state index in [4.69, 9.17) is 9.97 Å². The van der Waals surface area contributed by atoms with Crippen molar-refractivity contribution in [3.05, 3.63) is 72.6 Å². The summed E-state index contributed by atoms with van der Waals surface area (Å²) >= 11 is 0. The van der Waals surface area contributed by atoms with Gasteiger partial charge in [0.05, 0.1) is 23.5 Å². The number of halogens is 4. The zero-order valence-corrected chi connectivity index (χ0v) is 30.7. The molecule has 294 valence electrons. The molecule has 4 aliphatic rings. The maximum atomic E-state index is 13.6. The summed E-state index contributed by atoms with van der Waals surface area (Å²) in [6, 6.07) is 14.9. The van der Waals surface area contributed by atoms with Crippen molar-refractivity contribution < 1.29 is 36.7 Å². The number of aromatic amines is 2. The van der Waals surface area contributed by atoms with Crippen molar-refractivity contribution >= 4 is 23.6 Å². The third-order valence-electron chi connectivity index (χ3n) is 11.5. The molecule has 4 aliphatic heterocycles. The fraction of sp³-hybridized carbons (Fsp3) is 0.450. The second-order valence-corrected chi connectivity index (χ2v) is 15.1. The van der Waals surface area contributed by atoms with E-state index in [-0.39, 0.29) is 26.2 Å². The molecular formula is C40H42F4N8O4. The lowest BCUT2D eigenvalue weighted by Gasteiger charge is -2.33. The van der Waals surface area contributed by atoms with Crippen molar-refractivity contribution in [2.45, 2.75) is 75.3 Å². The highest BCUT2D eigenvalue weighted by atomic mass is 19.3. The van der Waals surface area contributed by atoms with Gasteiger partial charge in [-0.1, -0.05) is 48.5 Å². The summed E-state index contributed by atoms with van der Waals surface area (Å²) < 4.78 is 54.4. The predicted molar refractivity (Wildman–Crippen MR) is 196 cm³/mol. The molecule has 4 aromatic rings. The van der Waals surface area contributed by atoms with Crippen LogP contribution in [0.3, 0.4) is 0 Å². The van der Waals surface area contributed by atoms with E-state index < -0.39 is 73.2 Å². The Morgan fingerprint density at radius 3 is 1.21 bits per heavy atom. The number of carbonyl (C=O) groups is 4. The second-order valence-electron chi connectivity index (χ2n) is 15.1. The topological polar surface area (TPSA) is 139 Å². The van der Waals surface area contributed by atoms with Crippen molar-refractivity contribution in [2.75, 3.05) is 39.3 Å². The van der Waals surface area contributed by atoms with E-state index in [0.29, 0.717) is 61.8 Å². The Balaban J connectivity index is 0.887. The van der Waals surface area contributed by atoms with Crippen LogP contribution in [0.1, 0.15) is 75.1 Å². The number of hydrogen-bond donors (Lipinski definition) is 2. The number of benzene rings is 2. The highest BCUT2D eigenvalue weighted by molar-refractivity contribution is 6.35. The van der Waals surface area contributed by atoms with E-state index in [9.17, 15) is 36.7 Å². The number of alkyl halides is 4. The van der Waals surface area contributed by atoms with Gasteiger partial charge in [0.15, 0.2) is 0 Å². The second kappa shape index (κ2) is 14.8. The van der Waals surface area contributed by atoms with Gasteiger partial charge < -0.3 is 29.6 Å². The number of amides is 4. The third kappa shape index (κ3) is 7.52. The molecule has 0 unspecified atom stereocenters. The minimum absolute atomic E-state index is 0.141. The largest absolute Gasteiger partial charge is 0.346 e. The van der Waals surface area contributed by atoms with E-state index in [1.54, 1.807) is 12.4 Å². The van der Waals surface area contributed by atoms with Crippen LogP contribution in [0.15, 0.2) is 60.9 Å². The van der Waals surface area contributed by atoms with E-state index in [0.717, 1.165) is 22.3 Å². The molecule has 0 radical (unpaired) electrons. The van der Waals surface area contributed by atoms with Gasteiger partial charge in [-0.3, -0.25) is 19.2 Å². The third-order valence-corrected chi connectivity index (χ3v) is 11.5. The number of nitrogens with one attached hydrogen (secondary N) is 2. The molecule has 2 N–H and O–H groups in total. The quantitative estimate of drug-likeness (QED) is 0.189. The number of carbonyl (C=O) groups excluding carboxylic acids is 4. The number of H-pyrrole nitrogens is 2. The Morgan fingerprint density at radius 1 is 0.518 bits per heavy atom. The first-order valence-electron chi connectivity index (χ1n) is 19.1. The van der Waals surface area contributed by atoms with E-state index >= 15 is 0 Å². The number of aromatic nitrogens is 4. The van der Waals surface area contributed by atoms with Crippen LogP contribution in [0, 0.1) is 0 Å². The zero-order chi connectivity index (χ0) is 39.2. The molecule has 2 atom stereocenters. The van der Waals surface area contributed by atoms with E-state index in [1.807, 2.05) is 48.5 Å². The van der Waals surface area contributed by atoms with Crippen molar-refractivity contribution in [2.24, 2.45) is 0 Å². The number of piperidine rings is 2. The van der Waals surface area contributed by atoms with Crippen molar-refractivity contribution in [3.8, 4) is 33.6 Å². The van der Waals surface area contributed by atoms with Crippen molar-refractivity contribution in [1.82, 2.24) is 39.5 Å². The fourth-order valence-electron chi connectivity index (χ4n) is 8.16. The number of hydrogen-bond acceptors (Lipinski definition) is 6. The Hall–Kier alpha value is -5.54. The number of likely N-dealkylation sites (tertiary alicyclic amines) is 4. The highest BCUT2D eigenvalue weighted by Crippen LogP contribution is 2.36. The maximum Gasteiger partial charge on any atom is 0.312 e. The van der Waals surface area contributed by atoms with Gasteiger partial charge in [-0.2, -0.15) is 0 Å². The Morgan fingerprint density at radius 2 is 0.857 bits per heavy atom. The normalized spacial score (nSPS) is 22.1. The summed E-state index contributed by atoms with van der Waals surface area (Å²) in [7, 11) is 0. The van der Waals surface area contributed by atoms with Crippen LogP contribution in [-0.4, -0.2) is 114 Å². The van der Waals surface area contributed by atoms with Gasteiger partial charge in [-0.25, -0.2) is 27.5 Å². The predicted octanol–water partition coefficient (Wildman–Crippen LogP) is 5.98. The van der Waals surface area contributed by atoms with Crippen LogP contribution >= 0.6 is 0 Å². The van der Waals surface area contributed by atoms with Gasteiger partial charge in [-0.05, 0) is 36.8 Å². The Labute approximate surface area is 320 Å². The molecular weight excluding hydrogens is 732 g/mol. The molecule has 2 aromatic carbocycles. The molecule has 56 heavy (non-hydrogen) atoms. The minimum Gasteiger partial charge on any atom is -0.346 e. The molecule has 4 amide bonds. The minimum atomic E-state index is -2.81. The van der Waals surface area contributed by atoms with E-state index in [1.165, 1.54) is 19.6 Å². The SMILES string of the molecule is O=C(C(=O)N1CCC[C@H]1c1nc(-c2ccc(-c3ccc(-c4c[nH]c([C@@H]5CCCN5C(=O)C(=O)N5CCC(F)(F)CC5)n4)cc3)cc2)c[nH]1)N1CCC(F)(F)CC1. The maximum absolute atomic E-state index is 13.6. The number of nitrogens with zero attached hydrogens (tertiary/aromatic N) is 6. The average Bonchev–Trinajstić information content (AvgIpc) is 4.04. The molecule has 6 heterocycles. The van der Waals surface area contributed by atoms with E-state index in [2.05, 4.69) is 9.97 Å². The van der Waals surface area contributed by atoms with Gasteiger partial charge >= 0.3 is 23.6 Å². The van der Waals surface area contributed by atoms with Gasteiger partial charge in [0.1, 0.15) is 11.6 Å². The van der Waals surface area contributed by atoms with Crippen LogP contribution in [0.25, 0.3) is 33.6 Å². The standard InChI is InChI=1S/C40H42F4N8O4/c41-39(42)13-19-49(20-14-39)35(53)37(55)51-17-1-3-31(51)33-45-23-29(47-33)27-9-5-25(6-10-27)26-7-11-28(12-8-26)30-24-46-34(48-30)32-4-2-18-52(32)38(56)36(54)50-21-15-40(43,44)16-22-50/h5-12,23-24,31-32H,1-4,13-22H2,(H,45,47)(H,46,48)/t31-,32-/m0/s1. The summed E-state index contributed by atoms with van der Waals surface area (Å²) in [5, 5.41) is 0. The van der Waals surface area contributed by atoms with Gasteiger partial charge in [-0.15, -0.1) is 0 Å². The number of imidazole rings is 2. The monoisotopic (exact) mass is 774 g/mol. The van der Waals surface area contributed by atoms with Crippen LogP contribution in [0.4, 0.5) is 17.6 Å². The molecule has 2 aromatic heterocycles. The van der Waals surface area contributed by atoms with Crippen LogP contribution in [-0.2, 0) is 19.2 Å². The first-order chi connectivity index (χ1) is 26.9. The summed E-state index contributed by atoms with van der Waals surface area (Å²) in [6.45, 7) is 0.216. The van der Waals surface area contributed by atoms with Gasteiger partial charge in [0.25, 0.3) is 11.8 Å². The molecule has 16 heteroatoms. The Bertz CT molecular complexity index is 1950. The summed E-state index contributed by atoms with van der Waals surface area (Å²) in [5.41, 5.74) is 5.03. The van der Waals surface area contributed by atoms with Crippen molar-refractivity contribution in [1.29, 1.82) is 0 Å².